The topological polar surface area (TPSA) is 67.1 Å². The monoisotopic (exact) mass is 303 g/mol. The van der Waals surface area contributed by atoms with Crippen molar-refractivity contribution in [3.63, 3.8) is 0 Å². The summed E-state index contributed by atoms with van der Waals surface area (Å²) in [7, 11) is 0. The maximum absolute atomic E-state index is 11.8. The van der Waals surface area contributed by atoms with Crippen molar-refractivity contribution in [1.82, 2.24) is 5.32 Å². The average molecular weight is 304 g/mol. The Labute approximate surface area is 129 Å². The smallest absolute Gasteiger partial charge is 0.319 e. The zero-order chi connectivity index (χ0) is 15.2. The van der Waals surface area contributed by atoms with E-state index in [0.717, 1.165) is 16.8 Å². The van der Waals surface area contributed by atoms with Crippen LogP contribution in [-0.4, -0.2) is 6.03 Å². The molecule has 0 aliphatic heterocycles. The first-order valence-electron chi connectivity index (χ1n) is 6.70. The number of nitrogens with two attached hydrogens (primary N) is 1. The molecule has 2 aromatic carbocycles. The molecule has 110 valence electrons. The van der Waals surface area contributed by atoms with Gasteiger partial charge in [-0.05, 0) is 36.2 Å². The van der Waals surface area contributed by atoms with Crippen LogP contribution in [0.3, 0.4) is 0 Å². The molecular formula is C16H18ClN3O. The second-order valence-corrected chi connectivity index (χ2v) is 5.22. The Hall–Kier alpha value is -2.04. The number of carbonyl (C=O) groups is 1. The first kappa shape index (κ1) is 15.4. The Kier molecular flexibility index (Phi) is 5.20. The molecule has 2 rings (SSSR count). The third-order valence-corrected chi connectivity index (χ3v) is 3.46. The predicted octanol–water partition coefficient (Wildman–Crippen LogP) is 3.68. The SMILES string of the molecule is CC(N)c1ccc(NC(=O)NCc2ccccc2Cl)cc1. The molecule has 4 nitrogen and oxygen atoms in total. The summed E-state index contributed by atoms with van der Waals surface area (Å²) in [5, 5.41) is 6.17. The van der Waals surface area contributed by atoms with Gasteiger partial charge >= 0.3 is 6.03 Å². The van der Waals surface area contributed by atoms with E-state index in [2.05, 4.69) is 10.6 Å². The Bertz CT molecular complexity index is 611. The highest BCUT2D eigenvalue weighted by atomic mass is 35.5. The van der Waals surface area contributed by atoms with E-state index >= 15 is 0 Å². The van der Waals surface area contributed by atoms with E-state index < -0.39 is 0 Å². The number of hydrogen-bond acceptors (Lipinski definition) is 2. The molecule has 0 aliphatic carbocycles. The molecule has 0 heterocycles. The lowest BCUT2D eigenvalue weighted by molar-refractivity contribution is 0.251. The summed E-state index contributed by atoms with van der Waals surface area (Å²) in [6, 6.07) is 14.6. The van der Waals surface area contributed by atoms with Gasteiger partial charge in [-0.3, -0.25) is 0 Å². The van der Waals surface area contributed by atoms with Crippen molar-refractivity contribution in [3.8, 4) is 0 Å². The lowest BCUT2D eigenvalue weighted by atomic mass is 10.1. The van der Waals surface area contributed by atoms with Gasteiger partial charge in [-0.1, -0.05) is 41.9 Å². The fourth-order valence-corrected chi connectivity index (χ4v) is 2.07. The van der Waals surface area contributed by atoms with Gasteiger partial charge in [0.1, 0.15) is 0 Å². The summed E-state index contributed by atoms with van der Waals surface area (Å²) in [6.45, 7) is 2.29. The highest BCUT2D eigenvalue weighted by Gasteiger charge is 2.04. The molecular weight excluding hydrogens is 286 g/mol. The number of amides is 2. The maximum atomic E-state index is 11.8. The molecule has 5 heteroatoms. The molecule has 0 saturated carbocycles. The largest absolute Gasteiger partial charge is 0.334 e. The van der Waals surface area contributed by atoms with Gasteiger partial charge in [0.05, 0.1) is 0 Å². The van der Waals surface area contributed by atoms with Crippen molar-refractivity contribution in [1.29, 1.82) is 0 Å². The van der Waals surface area contributed by atoms with Gasteiger partial charge in [-0.25, -0.2) is 4.79 Å². The molecule has 0 radical (unpaired) electrons. The lowest BCUT2D eigenvalue weighted by Crippen LogP contribution is -2.28. The highest BCUT2D eigenvalue weighted by molar-refractivity contribution is 6.31. The van der Waals surface area contributed by atoms with Gasteiger partial charge in [0.2, 0.25) is 0 Å². The van der Waals surface area contributed by atoms with E-state index in [9.17, 15) is 4.79 Å². The summed E-state index contributed by atoms with van der Waals surface area (Å²) in [4.78, 5) is 11.8. The molecule has 0 spiro atoms. The zero-order valence-corrected chi connectivity index (χ0v) is 12.5. The van der Waals surface area contributed by atoms with Crippen LogP contribution < -0.4 is 16.4 Å². The minimum Gasteiger partial charge on any atom is -0.334 e. The van der Waals surface area contributed by atoms with Gasteiger partial charge in [0, 0.05) is 23.3 Å². The van der Waals surface area contributed by atoms with E-state index in [-0.39, 0.29) is 12.1 Å². The quantitative estimate of drug-likeness (QED) is 0.806. The Balaban J connectivity index is 1.88. The first-order chi connectivity index (χ1) is 10.1. The Morgan fingerprint density at radius 3 is 2.48 bits per heavy atom. The van der Waals surface area contributed by atoms with E-state index in [1.165, 1.54) is 0 Å². The van der Waals surface area contributed by atoms with Crippen LogP contribution >= 0.6 is 11.6 Å². The standard InChI is InChI=1S/C16H18ClN3O/c1-11(18)12-6-8-14(9-7-12)20-16(21)19-10-13-4-2-3-5-15(13)17/h2-9,11H,10,18H2,1H3,(H2,19,20,21). The second kappa shape index (κ2) is 7.11. The third-order valence-electron chi connectivity index (χ3n) is 3.09. The molecule has 21 heavy (non-hydrogen) atoms. The molecule has 0 bridgehead atoms. The summed E-state index contributed by atoms with van der Waals surface area (Å²) in [5.74, 6) is 0. The van der Waals surface area contributed by atoms with Gasteiger partial charge < -0.3 is 16.4 Å². The summed E-state index contributed by atoms with van der Waals surface area (Å²) >= 11 is 6.03. The Morgan fingerprint density at radius 1 is 1.19 bits per heavy atom. The van der Waals surface area contributed by atoms with Crippen LogP contribution in [0.2, 0.25) is 5.02 Å². The van der Waals surface area contributed by atoms with Crippen molar-refractivity contribution in [3.05, 3.63) is 64.7 Å². The Morgan fingerprint density at radius 2 is 1.86 bits per heavy atom. The third kappa shape index (κ3) is 4.48. The molecule has 2 aromatic rings. The summed E-state index contributed by atoms with van der Waals surface area (Å²) in [6.07, 6.45) is 0. The number of benzene rings is 2. The van der Waals surface area contributed by atoms with Crippen LogP contribution in [0.25, 0.3) is 0 Å². The average Bonchev–Trinajstić information content (AvgIpc) is 2.47. The van der Waals surface area contributed by atoms with Crippen LogP contribution in [-0.2, 0) is 6.54 Å². The van der Waals surface area contributed by atoms with Gasteiger partial charge in [0.25, 0.3) is 0 Å². The molecule has 0 aromatic heterocycles. The number of halogens is 1. The van der Waals surface area contributed by atoms with Crippen LogP contribution in [0.4, 0.5) is 10.5 Å². The molecule has 2 amide bonds. The van der Waals surface area contributed by atoms with E-state index in [1.54, 1.807) is 6.07 Å². The van der Waals surface area contributed by atoms with Crippen LogP contribution in [0, 0.1) is 0 Å². The number of anilines is 1. The second-order valence-electron chi connectivity index (χ2n) is 4.81. The van der Waals surface area contributed by atoms with Gasteiger partial charge in [-0.15, -0.1) is 0 Å². The number of nitrogens with one attached hydrogen (secondary N) is 2. The number of hydrogen-bond donors (Lipinski definition) is 3. The van der Waals surface area contributed by atoms with Crippen LogP contribution in [0.15, 0.2) is 48.5 Å². The molecule has 0 saturated heterocycles. The molecule has 1 unspecified atom stereocenters. The lowest BCUT2D eigenvalue weighted by Gasteiger charge is -2.10. The number of carbonyl (C=O) groups excluding carboxylic acids is 1. The molecule has 0 fully saturated rings. The molecule has 4 N–H and O–H groups in total. The minimum atomic E-state index is -0.275. The number of urea groups is 1. The van der Waals surface area contributed by atoms with E-state index in [1.807, 2.05) is 49.4 Å². The summed E-state index contributed by atoms with van der Waals surface area (Å²) < 4.78 is 0. The van der Waals surface area contributed by atoms with Crippen molar-refractivity contribution in [2.75, 3.05) is 5.32 Å². The molecule has 1 atom stereocenters. The number of rotatable bonds is 4. The van der Waals surface area contributed by atoms with Crippen molar-refractivity contribution in [2.24, 2.45) is 5.73 Å². The van der Waals surface area contributed by atoms with E-state index in [4.69, 9.17) is 17.3 Å². The van der Waals surface area contributed by atoms with Gasteiger partial charge in [0.15, 0.2) is 0 Å². The van der Waals surface area contributed by atoms with Crippen molar-refractivity contribution >= 4 is 23.3 Å². The fourth-order valence-electron chi connectivity index (χ4n) is 1.86. The summed E-state index contributed by atoms with van der Waals surface area (Å²) in [5.41, 5.74) is 8.40. The van der Waals surface area contributed by atoms with Gasteiger partial charge in [-0.2, -0.15) is 0 Å². The maximum Gasteiger partial charge on any atom is 0.319 e. The first-order valence-corrected chi connectivity index (χ1v) is 7.08. The van der Waals surface area contributed by atoms with E-state index in [0.29, 0.717) is 11.6 Å². The van der Waals surface area contributed by atoms with Crippen molar-refractivity contribution in [2.45, 2.75) is 19.5 Å². The highest BCUT2D eigenvalue weighted by Crippen LogP contribution is 2.15. The van der Waals surface area contributed by atoms with Crippen molar-refractivity contribution < 1.29 is 4.79 Å². The zero-order valence-electron chi connectivity index (χ0n) is 11.8. The van der Waals surface area contributed by atoms with Crippen LogP contribution in [0.1, 0.15) is 24.1 Å². The fraction of sp³-hybridized carbons (Fsp3) is 0.188. The minimum absolute atomic E-state index is 0.0203. The normalized spacial score (nSPS) is 11.8. The van der Waals surface area contributed by atoms with Crippen LogP contribution in [0.5, 0.6) is 0 Å². The predicted molar refractivity (Wildman–Crippen MR) is 86.4 cm³/mol. The molecule has 0 aliphatic rings.